The van der Waals surface area contributed by atoms with Crippen molar-refractivity contribution in [2.45, 2.75) is 6.04 Å². The molecule has 48 heavy (non-hydrogen) atoms. The molecule has 0 spiro atoms. The van der Waals surface area contributed by atoms with Gasteiger partial charge < -0.3 is 45.4 Å². The van der Waals surface area contributed by atoms with Gasteiger partial charge in [-0.05, 0) is 77.9 Å². The Kier molecular flexibility index (Phi) is 8.83. The van der Waals surface area contributed by atoms with Gasteiger partial charge in [0, 0.05) is 5.57 Å². The van der Waals surface area contributed by atoms with Gasteiger partial charge in [0.25, 0.3) is 5.91 Å². The molecule has 0 radical (unpaired) electrons. The number of benzene rings is 4. The summed E-state index contributed by atoms with van der Waals surface area (Å²) in [6.07, 6.45) is 1.34. The Hall–Kier alpha value is -6.70. The highest BCUT2D eigenvalue weighted by atomic mass is 16.5. The van der Waals surface area contributed by atoms with Crippen molar-refractivity contribution in [3.05, 3.63) is 101 Å². The number of amides is 2. The third-order valence-corrected chi connectivity index (χ3v) is 7.71. The Morgan fingerprint density at radius 3 is 1.96 bits per heavy atom. The lowest BCUT2D eigenvalue weighted by Gasteiger charge is -2.29. The standard InChI is InChI=1S/C34H28N2O12/c1-47-27-12-16(3-9-25(27)39)11-22-29(31(41)35-23-7-5-18(37)14-20(23)33(43)44)30(17-4-10-26(40)28(13-17)48-2)36(32(22)42)24-8-6-19(38)15-21(24)34(45)46/h3-15,29-30,37-40H,1-2H3,(H,35,41)(H,43,44)(H,45,46)/b22-11+/t29?,30-/m1/s1. The van der Waals surface area contributed by atoms with E-state index < -0.39 is 52.6 Å². The van der Waals surface area contributed by atoms with Crippen LogP contribution in [0.15, 0.2) is 78.4 Å². The molecule has 4 aromatic carbocycles. The van der Waals surface area contributed by atoms with Crippen LogP contribution in [0.3, 0.4) is 0 Å². The van der Waals surface area contributed by atoms with Crippen LogP contribution in [0, 0.1) is 5.92 Å². The van der Waals surface area contributed by atoms with E-state index in [2.05, 4.69) is 5.32 Å². The molecule has 14 nitrogen and oxygen atoms in total. The highest BCUT2D eigenvalue weighted by molar-refractivity contribution is 6.19. The minimum absolute atomic E-state index is 0.0318. The van der Waals surface area contributed by atoms with Gasteiger partial charge in [-0.25, -0.2) is 9.59 Å². The van der Waals surface area contributed by atoms with Crippen LogP contribution in [0.1, 0.15) is 37.9 Å². The molecule has 1 unspecified atom stereocenters. The van der Waals surface area contributed by atoms with E-state index in [0.717, 1.165) is 23.1 Å². The van der Waals surface area contributed by atoms with E-state index in [0.29, 0.717) is 5.56 Å². The van der Waals surface area contributed by atoms with Gasteiger partial charge in [-0.15, -0.1) is 0 Å². The van der Waals surface area contributed by atoms with Crippen molar-refractivity contribution in [1.82, 2.24) is 0 Å². The first-order valence-electron chi connectivity index (χ1n) is 14.1. The fourth-order valence-electron chi connectivity index (χ4n) is 5.53. The molecular formula is C34H28N2O12. The second-order valence-electron chi connectivity index (χ2n) is 10.6. The number of hydrogen-bond acceptors (Lipinski definition) is 10. The Morgan fingerprint density at radius 1 is 0.750 bits per heavy atom. The highest BCUT2D eigenvalue weighted by Gasteiger charge is 2.50. The average molecular weight is 657 g/mol. The minimum atomic E-state index is -1.50. The van der Waals surface area contributed by atoms with Crippen molar-refractivity contribution >= 4 is 41.2 Å². The number of nitrogens with one attached hydrogen (secondary N) is 1. The van der Waals surface area contributed by atoms with Gasteiger partial charge in [0.2, 0.25) is 5.91 Å². The zero-order chi connectivity index (χ0) is 34.9. The summed E-state index contributed by atoms with van der Waals surface area (Å²) in [5.41, 5.74) is -1.00. The molecule has 1 saturated heterocycles. The van der Waals surface area contributed by atoms with Crippen molar-refractivity contribution in [3.63, 3.8) is 0 Å². The first-order chi connectivity index (χ1) is 22.8. The number of methoxy groups -OCH3 is 2. The van der Waals surface area contributed by atoms with Crippen LogP contribution in [0.25, 0.3) is 6.08 Å². The number of ether oxygens (including phenoxy) is 2. The number of carbonyl (C=O) groups is 4. The summed E-state index contributed by atoms with van der Waals surface area (Å²) in [5, 5.41) is 62.8. The molecule has 1 fully saturated rings. The lowest BCUT2D eigenvalue weighted by molar-refractivity contribution is -0.119. The normalized spacial score (nSPS) is 16.5. The van der Waals surface area contributed by atoms with Gasteiger partial charge >= 0.3 is 11.9 Å². The van der Waals surface area contributed by atoms with Crippen LogP contribution in [0.4, 0.5) is 11.4 Å². The predicted molar refractivity (Wildman–Crippen MR) is 170 cm³/mol. The summed E-state index contributed by atoms with van der Waals surface area (Å²) in [6.45, 7) is 0. The molecule has 2 atom stereocenters. The second kappa shape index (κ2) is 13.0. The van der Waals surface area contributed by atoms with Crippen LogP contribution in [-0.2, 0) is 9.59 Å². The topological polar surface area (TPSA) is 223 Å². The molecule has 0 bridgehead atoms. The fourth-order valence-corrected chi connectivity index (χ4v) is 5.53. The van der Waals surface area contributed by atoms with Gasteiger partial charge in [-0.1, -0.05) is 12.1 Å². The summed E-state index contributed by atoms with van der Waals surface area (Å²) < 4.78 is 10.5. The van der Waals surface area contributed by atoms with E-state index in [1.54, 1.807) is 0 Å². The molecule has 0 aliphatic carbocycles. The maximum Gasteiger partial charge on any atom is 0.337 e. The lowest BCUT2D eigenvalue weighted by Crippen LogP contribution is -2.33. The molecular weight excluding hydrogens is 628 g/mol. The van der Waals surface area contributed by atoms with Crippen molar-refractivity contribution in [2.75, 3.05) is 24.4 Å². The van der Waals surface area contributed by atoms with E-state index in [1.165, 1.54) is 74.9 Å². The number of carboxylic acid groups (broad SMARTS) is 2. The molecule has 4 aromatic rings. The second-order valence-corrected chi connectivity index (χ2v) is 10.6. The molecule has 246 valence electrons. The molecule has 2 amide bonds. The van der Waals surface area contributed by atoms with Crippen molar-refractivity contribution in [2.24, 2.45) is 5.92 Å². The Labute approximate surface area is 272 Å². The van der Waals surface area contributed by atoms with Crippen molar-refractivity contribution in [1.29, 1.82) is 0 Å². The summed E-state index contributed by atoms with van der Waals surface area (Å²) in [7, 11) is 2.60. The molecule has 0 saturated carbocycles. The largest absolute Gasteiger partial charge is 0.508 e. The van der Waals surface area contributed by atoms with Gasteiger partial charge in [-0.2, -0.15) is 0 Å². The molecule has 1 aliphatic rings. The van der Waals surface area contributed by atoms with Crippen LogP contribution in [0.5, 0.6) is 34.5 Å². The first kappa shape index (κ1) is 32.7. The highest BCUT2D eigenvalue weighted by Crippen LogP contribution is 2.48. The Balaban J connectivity index is 1.80. The van der Waals surface area contributed by atoms with Crippen LogP contribution < -0.4 is 19.7 Å². The zero-order valence-corrected chi connectivity index (χ0v) is 25.2. The molecule has 1 aliphatic heterocycles. The number of aromatic hydroxyl groups is 4. The molecule has 0 aromatic heterocycles. The molecule has 1 heterocycles. The number of anilines is 2. The van der Waals surface area contributed by atoms with E-state index in [1.807, 2.05) is 0 Å². The Morgan fingerprint density at radius 2 is 1.33 bits per heavy atom. The van der Waals surface area contributed by atoms with E-state index in [-0.39, 0.29) is 51.3 Å². The number of carboxylic acids is 2. The summed E-state index contributed by atoms with van der Waals surface area (Å²) in [6, 6.07) is 13.4. The van der Waals surface area contributed by atoms with Crippen LogP contribution in [-0.4, -0.2) is 68.6 Å². The quantitative estimate of drug-likeness (QED) is 0.0987. The van der Waals surface area contributed by atoms with Crippen LogP contribution >= 0.6 is 0 Å². The van der Waals surface area contributed by atoms with Crippen molar-refractivity contribution in [3.8, 4) is 34.5 Å². The first-order valence-corrected chi connectivity index (χ1v) is 14.1. The number of phenols is 4. The molecule has 7 N–H and O–H groups in total. The average Bonchev–Trinajstić information content (AvgIpc) is 3.33. The maximum absolute atomic E-state index is 14.5. The van der Waals surface area contributed by atoms with E-state index in [9.17, 15) is 49.8 Å². The minimum Gasteiger partial charge on any atom is -0.508 e. The molecule has 14 heteroatoms. The summed E-state index contributed by atoms with van der Waals surface area (Å²) in [5.74, 6) is -7.43. The van der Waals surface area contributed by atoms with E-state index in [4.69, 9.17) is 9.47 Å². The molecule has 5 rings (SSSR count). The van der Waals surface area contributed by atoms with Gasteiger partial charge in [-0.3, -0.25) is 14.5 Å². The third-order valence-electron chi connectivity index (χ3n) is 7.71. The summed E-state index contributed by atoms with van der Waals surface area (Å²) >= 11 is 0. The zero-order valence-electron chi connectivity index (χ0n) is 25.2. The number of phenolic OH excluding ortho intramolecular Hbond substituents is 4. The van der Waals surface area contributed by atoms with Gasteiger partial charge in [0.05, 0.1) is 48.7 Å². The number of rotatable bonds is 9. The smallest absolute Gasteiger partial charge is 0.337 e. The van der Waals surface area contributed by atoms with Crippen molar-refractivity contribution < 1.29 is 59.3 Å². The number of aromatic carboxylic acids is 2. The number of hydrogen-bond donors (Lipinski definition) is 7. The fraction of sp³-hybridized carbons (Fsp3) is 0.118. The predicted octanol–water partition coefficient (Wildman–Crippen LogP) is 4.35. The van der Waals surface area contributed by atoms with E-state index >= 15 is 0 Å². The third kappa shape index (κ3) is 6.09. The SMILES string of the molecule is COc1cc(/C=C2/C(=O)N(c3ccc(O)cc3C(=O)O)[C@H](c3ccc(O)c(OC)c3)C2C(=O)Nc2ccc(O)cc2C(=O)O)ccc1O. The Bertz CT molecular complexity index is 2000. The summed E-state index contributed by atoms with van der Waals surface area (Å²) in [4.78, 5) is 54.3. The lowest BCUT2D eigenvalue weighted by atomic mass is 9.88. The van der Waals surface area contributed by atoms with Crippen LogP contribution in [0.2, 0.25) is 0 Å². The maximum atomic E-state index is 14.5. The van der Waals surface area contributed by atoms with Gasteiger partial charge in [0.15, 0.2) is 23.0 Å². The monoisotopic (exact) mass is 656 g/mol. The number of nitrogens with zero attached hydrogens (tertiary/aromatic N) is 1. The number of carbonyl (C=O) groups excluding carboxylic acids is 2. The van der Waals surface area contributed by atoms with Gasteiger partial charge in [0.1, 0.15) is 11.5 Å².